The Morgan fingerprint density at radius 1 is 0.406 bits per heavy atom. The summed E-state index contributed by atoms with van der Waals surface area (Å²) < 4.78 is 78.7. The van der Waals surface area contributed by atoms with Gasteiger partial charge < -0.3 is 0 Å². The molecule has 2 aliphatic heterocycles. The molecule has 0 amide bonds. The van der Waals surface area contributed by atoms with Gasteiger partial charge in [-0.05, 0) is 22.3 Å². The maximum atomic E-state index is 13.1. The summed E-state index contributed by atoms with van der Waals surface area (Å²) in [5.41, 5.74) is -2.04. The highest BCUT2D eigenvalue weighted by Crippen LogP contribution is 2.53. The number of halogens is 6. The first-order chi connectivity index (χ1) is 15.1. The monoisotopic (exact) mass is 446 g/mol. The summed E-state index contributed by atoms with van der Waals surface area (Å²) in [4.78, 5) is 0. The Kier molecular flexibility index (Phi) is 4.12. The van der Waals surface area contributed by atoms with E-state index in [0.29, 0.717) is 11.1 Å². The molecular formula is C22H12F6N4. The molecule has 0 saturated heterocycles. The number of hydrogen-bond acceptors (Lipinski definition) is 4. The van der Waals surface area contributed by atoms with Gasteiger partial charge in [0.2, 0.25) is 0 Å². The molecule has 0 aromatic heterocycles. The van der Waals surface area contributed by atoms with Crippen LogP contribution in [0.25, 0.3) is 22.3 Å². The van der Waals surface area contributed by atoms with Gasteiger partial charge >= 0.3 is 23.7 Å². The van der Waals surface area contributed by atoms with Crippen LogP contribution in [0.3, 0.4) is 0 Å². The molecule has 0 N–H and O–H groups in total. The van der Waals surface area contributed by atoms with Crippen LogP contribution in [0.5, 0.6) is 0 Å². The molecule has 0 spiro atoms. The zero-order valence-corrected chi connectivity index (χ0v) is 16.0. The lowest BCUT2D eigenvalue weighted by atomic mass is 9.95. The maximum Gasteiger partial charge on any atom is 0.442 e. The average Bonchev–Trinajstić information content (AvgIpc) is 3.66. The van der Waals surface area contributed by atoms with Gasteiger partial charge in [-0.15, -0.1) is 20.5 Å². The standard InChI is InChI=1S/C22H12F6N4/c23-21(24,25)19(29-30-19)17-9-5-15(6-10-17)13-1-2-14(4-3-13)16-7-11-18(12-8-16)20(31-32-20)22(26,27)28/h1-12H. The van der Waals surface area contributed by atoms with Crippen LogP contribution < -0.4 is 0 Å². The van der Waals surface area contributed by atoms with Crippen molar-refractivity contribution in [3.05, 3.63) is 83.9 Å². The van der Waals surface area contributed by atoms with Crippen LogP contribution in [0, 0.1) is 0 Å². The zero-order chi connectivity index (χ0) is 22.8. The summed E-state index contributed by atoms with van der Waals surface area (Å²) in [5, 5.41) is 12.7. The fourth-order valence-corrected chi connectivity index (χ4v) is 3.53. The minimum absolute atomic E-state index is 0.0452. The summed E-state index contributed by atoms with van der Waals surface area (Å²) in [7, 11) is 0. The van der Waals surface area contributed by atoms with E-state index < -0.39 is 23.7 Å². The number of hydrogen-bond donors (Lipinski definition) is 0. The third-order valence-electron chi connectivity index (χ3n) is 5.52. The third-order valence-corrected chi connectivity index (χ3v) is 5.52. The van der Waals surface area contributed by atoms with E-state index in [1.807, 2.05) is 0 Å². The second-order valence-electron chi connectivity index (χ2n) is 7.47. The minimum Gasteiger partial charge on any atom is -0.166 e. The predicted molar refractivity (Wildman–Crippen MR) is 102 cm³/mol. The van der Waals surface area contributed by atoms with Gasteiger partial charge in [0.25, 0.3) is 0 Å². The van der Waals surface area contributed by atoms with E-state index in [1.54, 1.807) is 48.5 Å². The maximum absolute atomic E-state index is 13.1. The molecule has 0 saturated carbocycles. The number of benzene rings is 3. The quantitative estimate of drug-likeness (QED) is 0.376. The predicted octanol–water partition coefficient (Wildman–Crippen LogP) is 7.38. The lowest BCUT2D eigenvalue weighted by molar-refractivity contribution is -0.166. The van der Waals surface area contributed by atoms with E-state index in [0.717, 1.165) is 11.1 Å². The lowest BCUT2D eigenvalue weighted by Gasteiger charge is -2.15. The molecule has 0 fully saturated rings. The molecule has 2 aliphatic rings. The molecule has 5 rings (SSSR count). The Bertz CT molecular complexity index is 1110. The molecule has 3 aromatic carbocycles. The van der Waals surface area contributed by atoms with Gasteiger partial charge in [-0.1, -0.05) is 72.8 Å². The van der Waals surface area contributed by atoms with Crippen LogP contribution in [0.2, 0.25) is 0 Å². The van der Waals surface area contributed by atoms with Crippen LogP contribution >= 0.6 is 0 Å². The fourth-order valence-electron chi connectivity index (χ4n) is 3.53. The van der Waals surface area contributed by atoms with Crippen molar-refractivity contribution in [2.75, 3.05) is 0 Å². The smallest absolute Gasteiger partial charge is 0.166 e. The second kappa shape index (κ2) is 6.47. The molecule has 4 nitrogen and oxygen atoms in total. The van der Waals surface area contributed by atoms with E-state index in [4.69, 9.17) is 0 Å². The van der Waals surface area contributed by atoms with Crippen LogP contribution in [-0.2, 0) is 11.3 Å². The molecule has 162 valence electrons. The summed E-state index contributed by atoms with van der Waals surface area (Å²) >= 11 is 0. The summed E-state index contributed by atoms with van der Waals surface area (Å²) in [5.74, 6) is 0. The summed E-state index contributed by atoms with van der Waals surface area (Å²) in [6.45, 7) is 0. The Labute approximate surface area is 177 Å². The van der Waals surface area contributed by atoms with Crippen molar-refractivity contribution in [1.82, 2.24) is 0 Å². The van der Waals surface area contributed by atoms with Crippen LogP contribution in [0.15, 0.2) is 93.3 Å². The van der Waals surface area contributed by atoms with Crippen molar-refractivity contribution in [2.24, 2.45) is 20.5 Å². The molecule has 2 heterocycles. The van der Waals surface area contributed by atoms with E-state index in [-0.39, 0.29) is 11.1 Å². The van der Waals surface area contributed by atoms with Gasteiger partial charge in [0.15, 0.2) is 0 Å². The highest BCUT2D eigenvalue weighted by atomic mass is 19.4. The van der Waals surface area contributed by atoms with Gasteiger partial charge in [0.05, 0.1) is 0 Å². The molecule has 0 bridgehead atoms. The third kappa shape index (κ3) is 3.09. The molecule has 0 unspecified atom stereocenters. The zero-order valence-electron chi connectivity index (χ0n) is 16.0. The Morgan fingerprint density at radius 2 is 0.625 bits per heavy atom. The number of nitrogens with zero attached hydrogens (tertiary/aromatic N) is 4. The van der Waals surface area contributed by atoms with Crippen molar-refractivity contribution in [2.45, 2.75) is 23.7 Å². The van der Waals surface area contributed by atoms with Crippen molar-refractivity contribution in [1.29, 1.82) is 0 Å². The molecule has 0 atom stereocenters. The second-order valence-corrected chi connectivity index (χ2v) is 7.47. The van der Waals surface area contributed by atoms with Crippen LogP contribution in [0.4, 0.5) is 26.3 Å². The van der Waals surface area contributed by atoms with E-state index >= 15 is 0 Å². The SMILES string of the molecule is FC(F)(F)C1(c2ccc(-c3ccc(-c4ccc(C5(C(F)(F)F)N=N5)cc4)cc3)cc2)N=N1. The van der Waals surface area contributed by atoms with E-state index in [1.165, 1.54) is 24.3 Å². The van der Waals surface area contributed by atoms with Gasteiger partial charge in [0, 0.05) is 11.1 Å². The van der Waals surface area contributed by atoms with Crippen LogP contribution in [0.1, 0.15) is 11.1 Å². The molecular weight excluding hydrogens is 434 g/mol. The average molecular weight is 446 g/mol. The van der Waals surface area contributed by atoms with Gasteiger partial charge in [-0.3, -0.25) is 0 Å². The summed E-state index contributed by atoms with van der Waals surface area (Å²) in [6, 6.07) is 18.8. The molecule has 3 aromatic rings. The number of alkyl halides is 6. The molecule has 32 heavy (non-hydrogen) atoms. The van der Waals surface area contributed by atoms with Gasteiger partial charge in [-0.2, -0.15) is 26.3 Å². The Hall–Kier alpha value is -3.56. The van der Waals surface area contributed by atoms with Crippen molar-refractivity contribution in [3.8, 4) is 22.3 Å². The molecule has 0 aliphatic carbocycles. The Morgan fingerprint density at radius 3 is 0.812 bits per heavy atom. The topological polar surface area (TPSA) is 49.4 Å². The first kappa shape index (κ1) is 20.3. The number of rotatable bonds is 4. The molecule has 0 radical (unpaired) electrons. The molecule has 10 heteroatoms. The Balaban J connectivity index is 1.34. The van der Waals surface area contributed by atoms with Crippen molar-refractivity contribution in [3.63, 3.8) is 0 Å². The van der Waals surface area contributed by atoms with E-state index in [9.17, 15) is 26.3 Å². The van der Waals surface area contributed by atoms with Crippen LogP contribution in [-0.4, -0.2) is 12.4 Å². The van der Waals surface area contributed by atoms with Gasteiger partial charge in [0.1, 0.15) is 0 Å². The first-order valence-corrected chi connectivity index (χ1v) is 9.39. The first-order valence-electron chi connectivity index (χ1n) is 9.39. The highest BCUT2D eigenvalue weighted by molar-refractivity contribution is 5.71. The normalized spacial score (nSPS) is 17.9. The fraction of sp³-hybridized carbons (Fsp3) is 0.182. The summed E-state index contributed by atoms with van der Waals surface area (Å²) in [6.07, 6.45) is -9.15. The highest BCUT2D eigenvalue weighted by Gasteiger charge is 2.65. The minimum atomic E-state index is -4.58. The largest absolute Gasteiger partial charge is 0.442 e. The van der Waals surface area contributed by atoms with Crippen molar-refractivity contribution >= 4 is 0 Å². The van der Waals surface area contributed by atoms with Crippen molar-refractivity contribution < 1.29 is 26.3 Å². The van der Waals surface area contributed by atoms with E-state index in [2.05, 4.69) is 20.5 Å². The lowest BCUT2D eigenvalue weighted by Crippen LogP contribution is -2.29. The van der Waals surface area contributed by atoms with Gasteiger partial charge in [-0.25, -0.2) is 0 Å².